The number of pyridine rings is 1. The van der Waals surface area contributed by atoms with Crippen molar-refractivity contribution in [3.8, 4) is 5.75 Å². The molecule has 0 fully saturated rings. The monoisotopic (exact) mass is 460 g/mol. The van der Waals surface area contributed by atoms with Gasteiger partial charge in [-0.2, -0.15) is 4.31 Å². The molecule has 9 heteroatoms. The molecule has 0 spiro atoms. The Morgan fingerprint density at radius 1 is 1.06 bits per heavy atom. The highest BCUT2D eigenvalue weighted by molar-refractivity contribution is 7.89. The Morgan fingerprint density at radius 2 is 1.81 bits per heavy atom. The lowest BCUT2D eigenvalue weighted by atomic mass is 10.2. The number of esters is 1. The molecule has 1 heterocycles. The number of nitrogens with zero attached hydrogens (tertiary/aromatic N) is 2. The van der Waals surface area contributed by atoms with E-state index in [-0.39, 0.29) is 29.4 Å². The number of carbonyl (C=O) groups is 1. The van der Waals surface area contributed by atoms with Crippen molar-refractivity contribution >= 4 is 27.6 Å². The third kappa shape index (κ3) is 5.61. The van der Waals surface area contributed by atoms with Crippen LogP contribution in [0.2, 0.25) is 5.15 Å². The summed E-state index contributed by atoms with van der Waals surface area (Å²) in [4.78, 5) is 16.3. The highest BCUT2D eigenvalue weighted by Crippen LogP contribution is 2.28. The van der Waals surface area contributed by atoms with Gasteiger partial charge in [0, 0.05) is 25.4 Å². The van der Waals surface area contributed by atoms with E-state index in [0.717, 1.165) is 5.56 Å². The van der Waals surface area contributed by atoms with E-state index in [1.807, 2.05) is 30.3 Å². The number of sulfonamides is 1. The van der Waals surface area contributed by atoms with E-state index in [1.54, 1.807) is 12.1 Å². The zero-order valence-corrected chi connectivity index (χ0v) is 18.6. The summed E-state index contributed by atoms with van der Waals surface area (Å²) >= 11 is 5.74. The Labute approximate surface area is 186 Å². The highest BCUT2D eigenvalue weighted by Gasteiger charge is 2.26. The summed E-state index contributed by atoms with van der Waals surface area (Å²) in [7, 11) is -1.09. The summed E-state index contributed by atoms with van der Waals surface area (Å²) in [5, 5.41) is 0.333. The average Bonchev–Trinajstić information content (AvgIpc) is 2.78. The molecule has 0 bridgehead atoms. The lowest BCUT2D eigenvalue weighted by Crippen LogP contribution is -2.27. The summed E-state index contributed by atoms with van der Waals surface area (Å²) in [5.41, 5.74) is 1.58. The summed E-state index contributed by atoms with van der Waals surface area (Å²) < 4.78 is 38.1. The van der Waals surface area contributed by atoms with Crippen LogP contribution >= 0.6 is 11.6 Å². The van der Waals surface area contributed by atoms with Crippen LogP contribution in [0.1, 0.15) is 21.5 Å². The van der Waals surface area contributed by atoms with Gasteiger partial charge < -0.3 is 9.47 Å². The second-order valence-corrected chi connectivity index (χ2v) is 9.08. The number of methoxy groups -OCH3 is 1. The molecule has 3 rings (SSSR count). The van der Waals surface area contributed by atoms with Crippen LogP contribution in [-0.4, -0.2) is 37.8 Å². The number of halogens is 1. The van der Waals surface area contributed by atoms with Gasteiger partial charge in [-0.3, -0.25) is 0 Å². The fraction of sp³-hybridized carbons (Fsp3) is 0.182. The third-order valence-corrected chi connectivity index (χ3v) is 6.54. The SMILES string of the molecule is COc1ccc(C(=O)OCc2ccc(Cl)nc2)cc1S(=O)(=O)N(C)Cc1ccccc1. The maximum atomic E-state index is 13.2. The fourth-order valence-corrected chi connectivity index (χ4v) is 4.27. The van der Waals surface area contributed by atoms with Crippen LogP contribution in [0.5, 0.6) is 5.75 Å². The molecule has 0 aliphatic carbocycles. The molecule has 0 N–H and O–H groups in total. The van der Waals surface area contributed by atoms with Gasteiger partial charge in [0.1, 0.15) is 22.4 Å². The van der Waals surface area contributed by atoms with Crippen molar-refractivity contribution in [2.45, 2.75) is 18.0 Å². The molecule has 31 heavy (non-hydrogen) atoms. The lowest BCUT2D eigenvalue weighted by molar-refractivity contribution is 0.0472. The quantitative estimate of drug-likeness (QED) is 0.374. The Morgan fingerprint density at radius 3 is 2.45 bits per heavy atom. The largest absolute Gasteiger partial charge is 0.495 e. The minimum absolute atomic E-state index is 0.0228. The van der Waals surface area contributed by atoms with Gasteiger partial charge in [-0.05, 0) is 29.8 Å². The first-order valence-corrected chi connectivity index (χ1v) is 11.1. The molecule has 0 radical (unpaired) electrons. The number of hydrogen-bond acceptors (Lipinski definition) is 6. The number of hydrogen-bond donors (Lipinski definition) is 0. The molecule has 3 aromatic rings. The third-order valence-electron chi connectivity index (χ3n) is 4.49. The maximum Gasteiger partial charge on any atom is 0.338 e. The van der Waals surface area contributed by atoms with Crippen molar-refractivity contribution in [1.29, 1.82) is 0 Å². The molecule has 0 aliphatic rings. The van der Waals surface area contributed by atoms with Crippen molar-refractivity contribution in [3.05, 3.63) is 88.7 Å². The van der Waals surface area contributed by atoms with Crippen LogP contribution < -0.4 is 4.74 Å². The second kappa shape index (κ2) is 9.91. The van der Waals surface area contributed by atoms with Crippen molar-refractivity contribution in [2.24, 2.45) is 0 Å². The van der Waals surface area contributed by atoms with E-state index in [9.17, 15) is 13.2 Å². The summed E-state index contributed by atoms with van der Waals surface area (Å²) in [6.07, 6.45) is 1.50. The molecule has 0 saturated heterocycles. The Balaban J connectivity index is 1.81. The first-order valence-electron chi connectivity index (χ1n) is 9.27. The first kappa shape index (κ1) is 22.7. The van der Waals surface area contributed by atoms with Gasteiger partial charge in [0.05, 0.1) is 12.7 Å². The molecular weight excluding hydrogens is 440 g/mol. The number of benzene rings is 2. The predicted molar refractivity (Wildman–Crippen MR) is 116 cm³/mol. The fourth-order valence-electron chi connectivity index (χ4n) is 2.82. The smallest absolute Gasteiger partial charge is 0.338 e. The molecule has 0 saturated carbocycles. The van der Waals surface area contributed by atoms with Gasteiger partial charge in [-0.15, -0.1) is 0 Å². The average molecular weight is 461 g/mol. The summed E-state index contributed by atoms with van der Waals surface area (Å²) in [6.45, 7) is 0.148. The van der Waals surface area contributed by atoms with Gasteiger partial charge >= 0.3 is 5.97 Å². The number of ether oxygens (including phenoxy) is 2. The predicted octanol–water partition coefficient (Wildman–Crippen LogP) is 3.92. The topological polar surface area (TPSA) is 85.8 Å². The minimum atomic E-state index is -3.93. The van der Waals surface area contributed by atoms with E-state index < -0.39 is 16.0 Å². The van der Waals surface area contributed by atoms with E-state index in [2.05, 4.69) is 4.98 Å². The van der Waals surface area contributed by atoms with Crippen molar-refractivity contribution in [1.82, 2.24) is 9.29 Å². The number of rotatable bonds is 8. The van der Waals surface area contributed by atoms with Crippen LogP contribution in [0.4, 0.5) is 0 Å². The van der Waals surface area contributed by atoms with Crippen LogP contribution in [0, 0.1) is 0 Å². The van der Waals surface area contributed by atoms with Crippen LogP contribution in [0.25, 0.3) is 0 Å². The molecule has 7 nitrogen and oxygen atoms in total. The molecule has 1 aromatic heterocycles. The van der Waals surface area contributed by atoms with Gasteiger partial charge in [-0.25, -0.2) is 18.2 Å². The molecule has 2 aromatic carbocycles. The van der Waals surface area contributed by atoms with Gasteiger partial charge in [0.25, 0.3) is 0 Å². The van der Waals surface area contributed by atoms with E-state index in [4.69, 9.17) is 21.1 Å². The molecule has 0 aliphatic heterocycles. The number of aromatic nitrogens is 1. The molecular formula is C22H21ClN2O5S. The normalized spacial score (nSPS) is 11.4. The zero-order valence-electron chi connectivity index (χ0n) is 17.0. The second-order valence-electron chi connectivity index (χ2n) is 6.68. The Bertz CT molecular complexity index is 1150. The minimum Gasteiger partial charge on any atom is -0.495 e. The van der Waals surface area contributed by atoms with Gasteiger partial charge in [-0.1, -0.05) is 48.0 Å². The van der Waals surface area contributed by atoms with E-state index in [1.165, 1.54) is 42.9 Å². The summed E-state index contributed by atoms with van der Waals surface area (Å²) in [6, 6.07) is 16.6. The standard InChI is InChI=1S/C22H21ClN2O5S/c1-25(14-16-6-4-3-5-7-16)31(27,28)20-12-18(9-10-19(20)29-2)22(26)30-15-17-8-11-21(23)24-13-17/h3-13H,14-15H2,1-2H3. The summed E-state index contributed by atoms with van der Waals surface area (Å²) in [5.74, 6) is -0.530. The molecule has 0 amide bonds. The van der Waals surface area contributed by atoms with Crippen LogP contribution in [-0.2, 0) is 27.9 Å². The van der Waals surface area contributed by atoms with E-state index in [0.29, 0.717) is 10.7 Å². The van der Waals surface area contributed by atoms with Gasteiger partial charge in [0.15, 0.2) is 0 Å². The Hall–Kier alpha value is -2.94. The lowest BCUT2D eigenvalue weighted by Gasteiger charge is -2.19. The van der Waals surface area contributed by atoms with Crippen molar-refractivity contribution in [3.63, 3.8) is 0 Å². The van der Waals surface area contributed by atoms with Crippen LogP contribution in [0.3, 0.4) is 0 Å². The molecule has 0 atom stereocenters. The van der Waals surface area contributed by atoms with E-state index >= 15 is 0 Å². The highest BCUT2D eigenvalue weighted by atomic mass is 35.5. The van der Waals surface area contributed by atoms with Crippen LogP contribution in [0.15, 0.2) is 71.8 Å². The maximum absolute atomic E-state index is 13.2. The zero-order chi connectivity index (χ0) is 22.4. The molecule has 0 unspecified atom stereocenters. The first-order chi connectivity index (χ1) is 14.8. The van der Waals surface area contributed by atoms with Gasteiger partial charge in [0.2, 0.25) is 10.0 Å². The van der Waals surface area contributed by atoms with Crippen molar-refractivity contribution < 1.29 is 22.7 Å². The number of carbonyl (C=O) groups excluding carboxylic acids is 1. The Kier molecular flexibility index (Phi) is 7.27. The molecule has 162 valence electrons. The van der Waals surface area contributed by atoms with Crippen molar-refractivity contribution in [2.75, 3.05) is 14.2 Å².